The van der Waals surface area contributed by atoms with Crippen molar-refractivity contribution in [1.82, 2.24) is 10.3 Å². The minimum atomic E-state index is -0.0885. The molecule has 0 fully saturated rings. The molecule has 2 N–H and O–H groups in total. The Hall–Kier alpha value is -2.55. The van der Waals surface area contributed by atoms with Gasteiger partial charge in [0.25, 0.3) is 0 Å². The molecule has 2 aromatic carbocycles. The quantitative estimate of drug-likeness (QED) is 0.726. The van der Waals surface area contributed by atoms with Crippen LogP contribution in [0.5, 0.6) is 0 Å². The van der Waals surface area contributed by atoms with Crippen molar-refractivity contribution < 1.29 is 4.79 Å². The smallest absolute Gasteiger partial charge is 0.227 e. The summed E-state index contributed by atoms with van der Waals surface area (Å²) < 4.78 is 0. The molecule has 0 aliphatic carbocycles. The summed E-state index contributed by atoms with van der Waals surface area (Å²) in [5.74, 6) is -0.00141. The zero-order valence-corrected chi connectivity index (χ0v) is 13.6. The van der Waals surface area contributed by atoms with E-state index in [1.54, 1.807) is 0 Å². The minimum Gasteiger partial charge on any atom is -0.359 e. The van der Waals surface area contributed by atoms with Gasteiger partial charge in [-0.3, -0.25) is 4.79 Å². The third kappa shape index (κ3) is 3.45. The zero-order valence-electron chi connectivity index (χ0n) is 13.6. The number of benzene rings is 2. The van der Waals surface area contributed by atoms with E-state index in [0.29, 0.717) is 6.54 Å². The summed E-state index contributed by atoms with van der Waals surface area (Å²) in [6.07, 6.45) is 0.798. The summed E-state index contributed by atoms with van der Waals surface area (Å²) in [6.45, 7) is 4.65. The van der Waals surface area contributed by atoms with Crippen LogP contribution in [0.25, 0.3) is 10.9 Å². The van der Waals surface area contributed by atoms with E-state index in [-0.39, 0.29) is 11.8 Å². The first-order chi connectivity index (χ1) is 11.2. The molecule has 1 heterocycles. The summed E-state index contributed by atoms with van der Waals surface area (Å²) in [6, 6.07) is 18.3. The molecular weight excluding hydrogens is 284 g/mol. The highest BCUT2D eigenvalue weighted by Gasteiger charge is 2.17. The number of hydrogen-bond acceptors (Lipinski definition) is 1. The fraction of sp³-hybridized carbons (Fsp3) is 0.250. The molecule has 1 atom stereocenters. The molecule has 0 radical (unpaired) electrons. The first-order valence-electron chi connectivity index (χ1n) is 8.08. The minimum absolute atomic E-state index is 0.0871. The lowest BCUT2D eigenvalue weighted by Crippen LogP contribution is -2.28. The molecule has 1 amide bonds. The number of carbonyl (C=O) groups is 1. The molecule has 3 nitrogen and oxygen atoms in total. The van der Waals surface area contributed by atoms with Crippen molar-refractivity contribution in [3.8, 4) is 0 Å². The van der Waals surface area contributed by atoms with Crippen molar-refractivity contribution in [3.63, 3.8) is 0 Å². The fourth-order valence-electron chi connectivity index (χ4n) is 3.01. The highest BCUT2D eigenvalue weighted by molar-refractivity contribution is 5.84. The van der Waals surface area contributed by atoms with Gasteiger partial charge in [0.1, 0.15) is 0 Å². The number of rotatable bonds is 5. The molecule has 0 spiro atoms. The van der Waals surface area contributed by atoms with Crippen molar-refractivity contribution >= 4 is 16.8 Å². The maximum atomic E-state index is 12.5. The van der Waals surface area contributed by atoms with Gasteiger partial charge in [0.2, 0.25) is 5.91 Å². The first-order valence-corrected chi connectivity index (χ1v) is 8.08. The lowest BCUT2D eigenvalue weighted by Gasteiger charge is -2.15. The van der Waals surface area contributed by atoms with Crippen LogP contribution in [0.15, 0.2) is 54.6 Å². The molecule has 3 aromatic rings. The second-order valence-corrected chi connectivity index (χ2v) is 5.96. The summed E-state index contributed by atoms with van der Waals surface area (Å²) in [4.78, 5) is 15.8. The van der Waals surface area contributed by atoms with Gasteiger partial charge in [0, 0.05) is 17.8 Å². The van der Waals surface area contributed by atoms with E-state index in [1.807, 2.05) is 44.2 Å². The van der Waals surface area contributed by atoms with E-state index in [9.17, 15) is 4.79 Å². The Kier molecular flexibility index (Phi) is 4.47. The Morgan fingerprint density at radius 2 is 1.91 bits per heavy atom. The number of H-pyrrole nitrogens is 1. The second-order valence-electron chi connectivity index (χ2n) is 5.96. The van der Waals surface area contributed by atoms with Gasteiger partial charge < -0.3 is 10.3 Å². The largest absolute Gasteiger partial charge is 0.359 e. The van der Waals surface area contributed by atoms with E-state index in [2.05, 4.69) is 34.6 Å². The van der Waals surface area contributed by atoms with Crippen LogP contribution in [0.3, 0.4) is 0 Å². The Balaban J connectivity index is 1.69. The van der Waals surface area contributed by atoms with E-state index in [1.165, 1.54) is 5.39 Å². The normalized spacial score (nSPS) is 12.3. The molecular formula is C20H22N2O. The van der Waals surface area contributed by atoms with Gasteiger partial charge in [-0.05, 0) is 48.1 Å². The summed E-state index contributed by atoms with van der Waals surface area (Å²) in [5, 5.41) is 4.26. The van der Waals surface area contributed by atoms with Crippen LogP contribution < -0.4 is 5.32 Å². The Morgan fingerprint density at radius 3 is 2.65 bits per heavy atom. The number of fused-ring (bicyclic) bond motifs is 1. The van der Waals surface area contributed by atoms with Crippen molar-refractivity contribution in [3.05, 3.63) is 71.4 Å². The molecule has 0 saturated heterocycles. The fourth-order valence-corrected chi connectivity index (χ4v) is 3.01. The van der Waals surface area contributed by atoms with Gasteiger partial charge in [0.05, 0.1) is 5.92 Å². The number of carbonyl (C=O) groups excluding carboxylic acids is 1. The molecule has 23 heavy (non-hydrogen) atoms. The average Bonchev–Trinajstić information content (AvgIpc) is 2.94. The van der Waals surface area contributed by atoms with E-state index in [0.717, 1.165) is 28.8 Å². The monoisotopic (exact) mass is 306 g/mol. The lowest BCUT2D eigenvalue weighted by molar-refractivity contribution is -0.122. The number of hydrogen-bond donors (Lipinski definition) is 2. The SMILES string of the molecule is CCC(C(=O)NCc1ccc2[nH]c(C)cc2c1)c1ccccc1. The Bertz CT molecular complexity index is 805. The maximum Gasteiger partial charge on any atom is 0.227 e. The maximum absolute atomic E-state index is 12.5. The topological polar surface area (TPSA) is 44.9 Å². The van der Waals surface area contributed by atoms with E-state index >= 15 is 0 Å². The van der Waals surface area contributed by atoms with Gasteiger partial charge >= 0.3 is 0 Å². The van der Waals surface area contributed by atoms with Gasteiger partial charge in [-0.1, -0.05) is 43.3 Å². The van der Waals surface area contributed by atoms with Gasteiger partial charge in [0.15, 0.2) is 0 Å². The van der Waals surface area contributed by atoms with Crippen LogP contribution in [-0.2, 0) is 11.3 Å². The van der Waals surface area contributed by atoms with Crippen molar-refractivity contribution in [2.75, 3.05) is 0 Å². The first kappa shape index (κ1) is 15.3. The highest BCUT2D eigenvalue weighted by Crippen LogP contribution is 2.20. The Morgan fingerprint density at radius 1 is 1.13 bits per heavy atom. The summed E-state index contributed by atoms with van der Waals surface area (Å²) in [7, 11) is 0. The molecule has 3 heteroatoms. The number of nitrogens with one attached hydrogen (secondary N) is 2. The van der Waals surface area contributed by atoms with Crippen molar-refractivity contribution in [2.24, 2.45) is 0 Å². The molecule has 1 unspecified atom stereocenters. The summed E-state index contributed by atoms with van der Waals surface area (Å²) in [5.41, 5.74) is 4.47. The van der Waals surface area contributed by atoms with Crippen LogP contribution in [0.4, 0.5) is 0 Å². The molecule has 118 valence electrons. The van der Waals surface area contributed by atoms with Crippen LogP contribution in [0, 0.1) is 6.92 Å². The molecule has 0 bridgehead atoms. The second kappa shape index (κ2) is 6.69. The third-order valence-corrected chi connectivity index (χ3v) is 4.21. The van der Waals surface area contributed by atoms with Gasteiger partial charge in [-0.15, -0.1) is 0 Å². The number of aryl methyl sites for hydroxylation is 1. The van der Waals surface area contributed by atoms with Crippen molar-refractivity contribution in [2.45, 2.75) is 32.7 Å². The standard InChI is InChI=1S/C20H22N2O/c1-3-18(16-7-5-4-6-8-16)20(23)21-13-15-9-10-19-17(12-15)11-14(2)22-19/h4-12,18,22H,3,13H2,1-2H3,(H,21,23). The predicted octanol–water partition coefficient (Wildman–Crippen LogP) is 4.29. The van der Waals surface area contributed by atoms with Crippen LogP contribution in [-0.4, -0.2) is 10.9 Å². The molecule has 0 saturated carbocycles. The van der Waals surface area contributed by atoms with E-state index < -0.39 is 0 Å². The third-order valence-electron chi connectivity index (χ3n) is 4.21. The molecule has 1 aromatic heterocycles. The number of aromatic nitrogens is 1. The molecule has 0 aliphatic heterocycles. The number of aromatic amines is 1. The van der Waals surface area contributed by atoms with Gasteiger partial charge in [-0.25, -0.2) is 0 Å². The van der Waals surface area contributed by atoms with Gasteiger partial charge in [-0.2, -0.15) is 0 Å². The molecule has 3 rings (SSSR count). The molecule has 0 aliphatic rings. The zero-order chi connectivity index (χ0) is 16.2. The lowest BCUT2D eigenvalue weighted by atomic mass is 9.95. The Labute approximate surface area is 136 Å². The average molecular weight is 306 g/mol. The van der Waals surface area contributed by atoms with Crippen molar-refractivity contribution in [1.29, 1.82) is 0 Å². The summed E-state index contributed by atoms with van der Waals surface area (Å²) >= 11 is 0. The predicted molar refractivity (Wildman–Crippen MR) is 94.4 cm³/mol. The number of amides is 1. The van der Waals surface area contributed by atoms with E-state index in [4.69, 9.17) is 0 Å². The van der Waals surface area contributed by atoms with Crippen LogP contribution >= 0.6 is 0 Å². The van der Waals surface area contributed by atoms with Crippen LogP contribution in [0.1, 0.15) is 36.1 Å². The van der Waals surface area contributed by atoms with Crippen LogP contribution in [0.2, 0.25) is 0 Å². The highest BCUT2D eigenvalue weighted by atomic mass is 16.1.